The second-order valence-electron chi connectivity index (χ2n) is 5.88. The van der Waals surface area contributed by atoms with Crippen LogP contribution >= 0.6 is 0 Å². The SMILES string of the molecule is c1cc(-c2ccc(N3CC(CNCc4cnco4)C3)nn2)ccn1. The molecular formula is C17H18N6O. The minimum Gasteiger partial charge on any atom is -0.447 e. The predicted octanol–water partition coefficient (Wildman–Crippen LogP) is 1.75. The highest BCUT2D eigenvalue weighted by atomic mass is 16.3. The van der Waals surface area contributed by atoms with Crippen molar-refractivity contribution in [2.45, 2.75) is 6.54 Å². The second kappa shape index (κ2) is 6.76. The molecule has 1 saturated heterocycles. The molecule has 0 unspecified atom stereocenters. The largest absolute Gasteiger partial charge is 0.447 e. The molecule has 1 fully saturated rings. The molecule has 0 bridgehead atoms. The maximum Gasteiger partial charge on any atom is 0.180 e. The summed E-state index contributed by atoms with van der Waals surface area (Å²) in [5.74, 6) is 2.41. The van der Waals surface area contributed by atoms with Crippen molar-refractivity contribution in [2.75, 3.05) is 24.5 Å². The molecule has 4 rings (SSSR count). The summed E-state index contributed by atoms with van der Waals surface area (Å²) in [6, 6.07) is 7.90. The van der Waals surface area contributed by atoms with E-state index in [4.69, 9.17) is 4.42 Å². The molecule has 3 aromatic rings. The maximum absolute atomic E-state index is 5.20. The summed E-state index contributed by atoms with van der Waals surface area (Å²) in [7, 11) is 0. The number of oxazole rings is 1. The number of pyridine rings is 1. The number of nitrogens with zero attached hydrogens (tertiary/aromatic N) is 5. The normalized spacial score (nSPS) is 14.6. The van der Waals surface area contributed by atoms with Crippen molar-refractivity contribution in [3.63, 3.8) is 0 Å². The Morgan fingerprint density at radius 3 is 2.67 bits per heavy atom. The zero-order valence-corrected chi connectivity index (χ0v) is 13.2. The molecule has 3 aromatic heterocycles. The first-order valence-electron chi connectivity index (χ1n) is 7.95. The average Bonchev–Trinajstić information content (AvgIpc) is 3.11. The number of rotatable bonds is 6. The van der Waals surface area contributed by atoms with E-state index in [1.54, 1.807) is 18.6 Å². The van der Waals surface area contributed by atoms with E-state index in [0.29, 0.717) is 5.92 Å². The van der Waals surface area contributed by atoms with Crippen molar-refractivity contribution in [2.24, 2.45) is 5.92 Å². The maximum atomic E-state index is 5.20. The van der Waals surface area contributed by atoms with Gasteiger partial charge in [-0.05, 0) is 24.3 Å². The molecule has 0 amide bonds. The fourth-order valence-electron chi connectivity index (χ4n) is 2.79. The molecule has 7 heteroatoms. The van der Waals surface area contributed by atoms with Crippen LogP contribution in [-0.4, -0.2) is 39.8 Å². The van der Waals surface area contributed by atoms with Crippen LogP contribution in [0.4, 0.5) is 5.82 Å². The smallest absolute Gasteiger partial charge is 0.180 e. The van der Waals surface area contributed by atoms with E-state index in [2.05, 4.69) is 30.4 Å². The van der Waals surface area contributed by atoms with E-state index in [9.17, 15) is 0 Å². The Kier molecular flexibility index (Phi) is 4.16. The van der Waals surface area contributed by atoms with Gasteiger partial charge in [0.2, 0.25) is 0 Å². The monoisotopic (exact) mass is 322 g/mol. The molecular weight excluding hydrogens is 304 g/mol. The molecule has 1 aliphatic heterocycles. The van der Waals surface area contributed by atoms with Crippen LogP contribution in [0.5, 0.6) is 0 Å². The van der Waals surface area contributed by atoms with Gasteiger partial charge in [0.25, 0.3) is 0 Å². The summed E-state index contributed by atoms with van der Waals surface area (Å²) in [6.45, 7) is 3.66. The van der Waals surface area contributed by atoms with Crippen LogP contribution in [0.25, 0.3) is 11.3 Å². The summed E-state index contributed by atoms with van der Waals surface area (Å²) in [5.41, 5.74) is 1.90. The van der Waals surface area contributed by atoms with Gasteiger partial charge in [0.1, 0.15) is 5.76 Å². The number of aromatic nitrogens is 4. The Morgan fingerprint density at radius 1 is 1.08 bits per heavy atom. The molecule has 7 nitrogen and oxygen atoms in total. The molecule has 24 heavy (non-hydrogen) atoms. The van der Waals surface area contributed by atoms with Gasteiger partial charge >= 0.3 is 0 Å². The van der Waals surface area contributed by atoms with Crippen molar-refractivity contribution >= 4 is 5.82 Å². The minimum absolute atomic E-state index is 0.620. The second-order valence-corrected chi connectivity index (χ2v) is 5.88. The third-order valence-electron chi connectivity index (χ3n) is 4.12. The van der Waals surface area contributed by atoms with Gasteiger partial charge in [-0.2, -0.15) is 0 Å². The van der Waals surface area contributed by atoms with E-state index in [-0.39, 0.29) is 0 Å². The average molecular weight is 322 g/mol. The first-order chi connectivity index (χ1) is 11.9. The molecule has 1 aliphatic rings. The predicted molar refractivity (Wildman–Crippen MR) is 89.2 cm³/mol. The zero-order valence-electron chi connectivity index (χ0n) is 13.2. The lowest BCUT2D eigenvalue weighted by Gasteiger charge is -2.40. The van der Waals surface area contributed by atoms with Gasteiger partial charge in [-0.25, -0.2) is 4.98 Å². The lowest BCUT2D eigenvalue weighted by molar-refractivity contribution is 0.371. The van der Waals surface area contributed by atoms with Gasteiger partial charge in [0, 0.05) is 43.5 Å². The topological polar surface area (TPSA) is 80.0 Å². The Hall–Kier alpha value is -2.80. The van der Waals surface area contributed by atoms with Crippen molar-refractivity contribution in [3.05, 3.63) is 55.0 Å². The van der Waals surface area contributed by atoms with Crippen LogP contribution in [0.15, 0.2) is 53.7 Å². The lowest BCUT2D eigenvalue weighted by Crippen LogP contribution is -2.51. The molecule has 0 radical (unpaired) electrons. The molecule has 1 N–H and O–H groups in total. The minimum atomic E-state index is 0.620. The van der Waals surface area contributed by atoms with Crippen LogP contribution in [0.3, 0.4) is 0 Å². The molecule has 122 valence electrons. The third-order valence-corrected chi connectivity index (χ3v) is 4.12. The standard InChI is InChI=1S/C17H18N6O/c1-2-17(22-21-16(1)14-3-5-18-6-4-14)23-10-13(11-23)7-19-8-15-9-20-12-24-15/h1-6,9,12-13,19H,7-8,10-11H2. The zero-order chi connectivity index (χ0) is 16.2. The summed E-state index contributed by atoms with van der Waals surface area (Å²) in [4.78, 5) is 10.2. The number of nitrogens with one attached hydrogen (secondary N) is 1. The van der Waals surface area contributed by atoms with Gasteiger partial charge < -0.3 is 14.6 Å². The van der Waals surface area contributed by atoms with E-state index in [1.165, 1.54) is 6.39 Å². The highest BCUT2D eigenvalue weighted by molar-refractivity contribution is 5.59. The number of hydrogen-bond acceptors (Lipinski definition) is 7. The molecule has 0 saturated carbocycles. The highest BCUT2D eigenvalue weighted by Crippen LogP contribution is 2.23. The van der Waals surface area contributed by atoms with Crippen LogP contribution in [-0.2, 0) is 6.54 Å². The fourth-order valence-corrected chi connectivity index (χ4v) is 2.79. The van der Waals surface area contributed by atoms with Crippen molar-refractivity contribution in [3.8, 4) is 11.3 Å². The van der Waals surface area contributed by atoms with Gasteiger partial charge in [0.15, 0.2) is 12.2 Å². The van der Waals surface area contributed by atoms with E-state index < -0.39 is 0 Å². The van der Waals surface area contributed by atoms with Gasteiger partial charge in [-0.3, -0.25) is 4.98 Å². The summed E-state index contributed by atoms with van der Waals surface area (Å²) in [6.07, 6.45) is 6.71. The quantitative estimate of drug-likeness (QED) is 0.740. The molecule has 0 aromatic carbocycles. The summed E-state index contributed by atoms with van der Waals surface area (Å²) in [5, 5.41) is 12.1. The molecule has 4 heterocycles. The van der Waals surface area contributed by atoms with Gasteiger partial charge in [-0.1, -0.05) is 0 Å². The Balaban J connectivity index is 1.26. The first kappa shape index (κ1) is 14.8. The first-order valence-corrected chi connectivity index (χ1v) is 7.95. The van der Waals surface area contributed by atoms with E-state index in [1.807, 2.05) is 24.3 Å². The van der Waals surface area contributed by atoms with Crippen LogP contribution < -0.4 is 10.2 Å². The third kappa shape index (κ3) is 3.26. The van der Waals surface area contributed by atoms with Gasteiger partial charge in [0.05, 0.1) is 18.4 Å². The van der Waals surface area contributed by atoms with Crippen molar-refractivity contribution in [1.29, 1.82) is 0 Å². The number of anilines is 1. The Morgan fingerprint density at radius 2 is 1.96 bits per heavy atom. The number of hydrogen-bond donors (Lipinski definition) is 1. The van der Waals surface area contributed by atoms with Crippen molar-refractivity contribution < 1.29 is 4.42 Å². The molecule has 0 spiro atoms. The highest BCUT2D eigenvalue weighted by Gasteiger charge is 2.27. The molecule has 0 aliphatic carbocycles. The summed E-state index contributed by atoms with van der Waals surface area (Å²) < 4.78 is 5.20. The van der Waals surface area contributed by atoms with Crippen molar-refractivity contribution in [1.82, 2.24) is 25.5 Å². The van der Waals surface area contributed by atoms with Crippen LogP contribution in [0.2, 0.25) is 0 Å². The van der Waals surface area contributed by atoms with E-state index in [0.717, 1.165) is 49.0 Å². The Bertz CT molecular complexity index is 754. The van der Waals surface area contributed by atoms with Crippen LogP contribution in [0, 0.1) is 5.92 Å². The van der Waals surface area contributed by atoms with Gasteiger partial charge in [-0.15, -0.1) is 10.2 Å². The van der Waals surface area contributed by atoms with Crippen LogP contribution in [0.1, 0.15) is 5.76 Å². The molecule has 0 atom stereocenters. The Labute approximate surface area is 139 Å². The summed E-state index contributed by atoms with van der Waals surface area (Å²) >= 11 is 0. The fraction of sp³-hybridized carbons (Fsp3) is 0.294. The lowest BCUT2D eigenvalue weighted by atomic mass is 10.0. The van der Waals surface area contributed by atoms with E-state index >= 15 is 0 Å².